The number of carbonyl (C=O) groups excluding carboxylic acids is 1. The highest BCUT2D eigenvalue weighted by Gasteiger charge is 2.17. The van der Waals surface area contributed by atoms with Crippen LogP contribution in [0, 0.1) is 17.0 Å². The van der Waals surface area contributed by atoms with Crippen LogP contribution < -0.4 is 0 Å². The second-order valence-corrected chi connectivity index (χ2v) is 3.65. The van der Waals surface area contributed by atoms with E-state index in [1.807, 2.05) is 0 Å². The number of hydrogen-bond acceptors (Lipinski definition) is 5. The molecule has 0 saturated heterocycles. The van der Waals surface area contributed by atoms with Crippen LogP contribution >= 0.6 is 0 Å². The molecule has 0 spiro atoms. The van der Waals surface area contributed by atoms with Gasteiger partial charge < -0.3 is 0 Å². The number of nitro benzene ring substituents is 1. The summed E-state index contributed by atoms with van der Waals surface area (Å²) in [5.41, 5.74) is 1.00. The summed E-state index contributed by atoms with van der Waals surface area (Å²) in [4.78, 5) is 29.3. The van der Waals surface area contributed by atoms with Crippen molar-refractivity contribution in [3.8, 4) is 11.4 Å². The fraction of sp³-hybridized carbons (Fsp3) is 0.0833. The van der Waals surface area contributed by atoms with Gasteiger partial charge in [-0.1, -0.05) is 12.1 Å². The standard InChI is InChI=1S/C12H9N3O3/c1-8-6-9(7-16)14-12(13-8)10-4-2-3-5-11(10)15(17)18/h2-7H,1H3. The number of aryl methyl sites for hydroxylation is 1. The van der Waals surface area contributed by atoms with Gasteiger partial charge in [-0.25, -0.2) is 9.97 Å². The van der Waals surface area contributed by atoms with Crippen molar-refractivity contribution in [2.75, 3.05) is 0 Å². The summed E-state index contributed by atoms with van der Waals surface area (Å²) in [7, 11) is 0. The van der Waals surface area contributed by atoms with Crippen molar-refractivity contribution in [3.63, 3.8) is 0 Å². The highest BCUT2D eigenvalue weighted by atomic mass is 16.6. The lowest BCUT2D eigenvalue weighted by Crippen LogP contribution is -1.99. The lowest BCUT2D eigenvalue weighted by Gasteiger charge is -2.03. The summed E-state index contributed by atoms with van der Waals surface area (Å²) in [6.45, 7) is 1.70. The summed E-state index contributed by atoms with van der Waals surface area (Å²) < 4.78 is 0. The molecule has 1 aromatic carbocycles. The first-order valence-corrected chi connectivity index (χ1v) is 5.16. The largest absolute Gasteiger partial charge is 0.296 e. The van der Waals surface area contributed by atoms with Crippen molar-refractivity contribution >= 4 is 12.0 Å². The third-order valence-electron chi connectivity index (χ3n) is 2.34. The average Bonchev–Trinajstić information content (AvgIpc) is 2.38. The van der Waals surface area contributed by atoms with Gasteiger partial charge in [-0.2, -0.15) is 0 Å². The van der Waals surface area contributed by atoms with Gasteiger partial charge in [0.25, 0.3) is 5.69 Å². The first-order valence-electron chi connectivity index (χ1n) is 5.16. The maximum atomic E-state index is 10.9. The zero-order valence-electron chi connectivity index (χ0n) is 9.53. The number of carbonyl (C=O) groups is 1. The molecule has 0 bridgehead atoms. The Kier molecular flexibility index (Phi) is 3.09. The number of aromatic nitrogens is 2. The summed E-state index contributed by atoms with van der Waals surface area (Å²) in [6.07, 6.45) is 0.590. The van der Waals surface area contributed by atoms with E-state index in [2.05, 4.69) is 9.97 Å². The number of hydrogen-bond donors (Lipinski definition) is 0. The molecule has 1 aromatic heterocycles. The molecule has 6 heteroatoms. The SMILES string of the molecule is Cc1cc(C=O)nc(-c2ccccc2[N+](=O)[O-])n1. The summed E-state index contributed by atoms with van der Waals surface area (Å²) in [5, 5.41) is 10.9. The second kappa shape index (κ2) is 4.70. The van der Waals surface area contributed by atoms with E-state index in [1.54, 1.807) is 25.1 Å². The van der Waals surface area contributed by atoms with Gasteiger partial charge >= 0.3 is 0 Å². The maximum Gasteiger partial charge on any atom is 0.280 e. The van der Waals surface area contributed by atoms with E-state index in [1.165, 1.54) is 12.1 Å². The van der Waals surface area contributed by atoms with Crippen LogP contribution in [-0.2, 0) is 0 Å². The first kappa shape index (κ1) is 11.8. The summed E-state index contributed by atoms with van der Waals surface area (Å²) >= 11 is 0. The molecule has 0 aliphatic carbocycles. The zero-order chi connectivity index (χ0) is 13.1. The molecule has 0 radical (unpaired) electrons. The van der Waals surface area contributed by atoms with E-state index in [0.717, 1.165) is 0 Å². The Morgan fingerprint density at radius 3 is 2.67 bits per heavy atom. The minimum Gasteiger partial charge on any atom is -0.296 e. The lowest BCUT2D eigenvalue weighted by molar-refractivity contribution is -0.384. The van der Waals surface area contributed by atoms with Gasteiger partial charge in [0.15, 0.2) is 12.1 Å². The number of rotatable bonds is 3. The molecule has 18 heavy (non-hydrogen) atoms. The van der Waals surface area contributed by atoms with Crippen molar-refractivity contribution in [3.05, 3.63) is 51.8 Å². The molecule has 0 aliphatic rings. The van der Waals surface area contributed by atoms with Gasteiger partial charge in [0.2, 0.25) is 0 Å². The molecule has 6 nitrogen and oxygen atoms in total. The number of benzene rings is 1. The lowest BCUT2D eigenvalue weighted by atomic mass is 10.1. The molecule has 0 N–H and O–H groups in total. The third kappa shape index (κ3) is 2.22. The Labute approximate surface area is 102 Å². The molecule has 2 aromatic rings. The molecular formula is C12H9N3O3. The van der Waals surface area contributed by atoms with Crippen LogP contribution in [0.5, 0.6) is 0 Å². The molecule has 0 amide bonds. The van der Waals surface area contributed by atoms with Crippen LogP contribution in [0.2, 0.25) is 0 Å². The maximum absolute atomic E-state index is 10.9. The van der Waals surface area contributed by atoms with E-state index < -0.39 is 4.92 Å². The molecule has 2 rings (SSSR count). The van der Waals surface area contributed by atoms with Crippen LogP contribution in [0.1, 0.15) is 16.2 Å². The average molecular weight is 243 g/mol. The first-order chi connectivity index (χ1) is 8.61. The van der Waals surface area contributed by atoms with E-state index in [-0.39, 0.29) is 17.2 Å². The van der Waals surface area contributed by atoms with Crippen LogP contribution in [0.15, 0.2) is 30.3 Å². The van der Waals surface area contributed by atoms with Crippen molar-refractivity contribution in [2.24, 2.45) is 0 Å². The molecule has 0 atom stereocenters. The Morgan fingerprint density at radius 1 is 1.28 bits per heavy atom. The van der Waals surface area contributed by atoms with E-state index in [0.29, 0.717) is 17.5 Å². The smallest absolute Gasteiger partial charge is 0.280 e. The highest BCUT2D eigenvalue weighted by Crippen LogP contribution is 2.26. The van der Waals surface area contributed by atoms with Gasteiger partial charge in [0, 0.05) is 11.8 Å². The van der Waals surface area contributed by atoms with Crippen LogP contribution in [0.25, 0.3) is 11.4 Å². The van der Waals surface area contributed by atoms with Crippen molar-refractivity contribution < 1.29 is 9.72 Å². The number of para-hydroxylation sites is 1. The van der Waals surface area contributed by atoms with E-state index in [9.17, 15) is 14.9 Å². The zero-order valence-corrected chi connectivity index (χ0v) is 9.53. The Hall–Kier alpha value is -2.63. The van der Waals surface area contributed by atoms with Crippen LogP contribution in [0.3, 0.4) is 0 Å². The number of nitrogens with zero attached hydrogens (tertiary/aromatic N) is 3. The summed E-state index contributed by atoms with van der Waals surface area (Å²) in [6, 6.07) is 7.68. The predicted molar refractivity (Wildman–Crippen MR) is 64.2 cm³/mol. The van der Waals surface area contributed by atoms with E-state index in [4.69, 9.17) is 0 Å². The normalized spacial score (nSPS) is 10.1. The number of aldehydes is 1. The highest BCUT2D eigenvalue weighted by molar-refractivity contribution is 5.75. The third-order valence-corrected chi connectivity index (χ3v) is 2.34. The summed E-state index contributed by atoms with van der Waals surface area (Å²) in [5.74, 6) is 0.185. The molecular weight excluding hydrogens is 234 g/mol. The Bertz CT molecular complexity index is 626. The topological polar surface area (TPSA) is 86.0 Å². The van der Waals surface area contributed by atoms with E-state index >= 15 is 0 Å². The van der Waals surface area contributed by atoms with Gasteiger partial charge in [-0.3, -0.25) is 14.9 Å². The van der Waals surface area contributed by atoms with Crippen molar-refractivity contribution in [2.45, 2.75) is 6.92 Å². The second-order valence-electron chi connectivity index (χ2n) is 3.65. The Balaban J connectivity index is 2.65. The Morgan fingerprint density at radius 2 is 2.00 bits per heavy atom. The molecule has 1 heterocycles. The molecule has 90 valence electrons. The van der Waals surface area contributed by atoms with Crippen molar-refractivity contribution in [1.29, 1.82) is 0 Å². The van der Waals surface area contributed by atoms with Crippen LogP contribution in [-0.4, -0.2) is 21.2 Å². The fourth-order valence-corrected chi connectivity index (χ4v) is 1.60. The molecule has 0 saturated carbocycles. The van der Waals surface area contributed by atoms with Crippen molar-refractivity contribution in [1.82, 2.24) is 9.97 Å². The number of nitro groups is 1. The fourth-order valence-electron chi connectivity index (χ4n) is 1.60. The van der Waals surface area contributed by atoms with Gasteiger partial charge in [-0.05, 0) is 19.1 Å². The minimum atomic E-state index is -0.498. The molecule has 0 aliphatic heterocycles. The van der Waals surface area contributed by atoms with Gasteiger partial charge in [0.05, 0.1) is 10.5 Å². The predicted octanol–water partition coefficient (Wildman–Crippen LogP) is 2.17. The van der Waals surface area contributed by atoms with Gasteiger partial charge in [-0.15, -0.1) is 0 Å². The molecule has 0 unspecified atom stereocenters. The van der Waals surface area contributed by atoms with Crippen LogP contribution in [0.4, 0.5) is 5.69 Å². The monoisotopic (exact) mass is 243 g/mol. The molecule has 0 fully saturated rings. The quantitative estimate of drug-likeness (QED) is 0.468. The van der Waals surface area contributed by atoms with Gasteiger partial charge in [0.1, 0.15) is 5.69 Å². The minimum absolute atomic E-state index is 0.0834.